The van der Waals surface area contributed by atoms with E-state index < -0.39 is 42.6 Å². The van der Waals surface area contributed by atoms with Crippen LogP contribution >= 0.6 is 11.6 Å². The van der Waals surface area contributed by atoms with Crippen LogP contribution in [0.4, 0.5) is 0 Å². The van der Waals surface area contributed by atoms with Crippen LogP contribution in [0.1, 0.15) is 38.5 Å². The van der Waals surface area contributed by atoms with Gasteiger partial charge in [-0.05, 0) is 19.9 Å². The van der Waals surface area contributed by atoms with E-state index >= 15 is 0 Å². The number of carbonyl (C=O) groups is 4. The molecule has 1 aromatic carbocycles. The second-order valence-electron chi connectivity index (χ2n) is 4.59. The standard InChI is InChI=1S/C15H15ClO6/c1-9(17)7-13(19)21-15(22-14(20)8-10(2)18)11-5-3-4-6-12(11)16/h3-6,15H,7-8H2,1-2H3. The Morgan fingerprint density at radius 3 is 1.82 bits per heavy atom. The lowest BCUT2D eigenvalue weighted by atomic mass is 10.2. The molecule has 0 amide bonds. The van der Waals surface area contributed by atoms with Gasteiger partial charge in [0.05, 0.1) is 10.6 Å². The molecule has 0 aliphatic carbocycles. The fourth-order valence-corrected chi connectivity index (χ4v) is 1.77. The minimum Gasteiger partial charge on any atom is -0.420 e. The zero-order chi connectivity index (χ0) is 16.7. The van der Waals surface area contributed by atoms with Gasteiger partial charge in [0.2, 0.25) is 0 Å². The van der Waals surface area contributed by atoms with Crippen molar-refractivity contribution in [3.8, 4) is 0 Å². The van der Waals surface area contributed by atoms with Gasteiger partial charge in [-0.3, -0.25) is 19.2 Å². The van der Waals surface area contributed by atoms with Crippen LogP contribution in [-0.4, -0.2) is 23.5 Å². The number of Topliss-reactive ketones (excluding diaryl/α,β-unsaturated/α-hetero) is 2. The molecule has 22 heavy (non-hydrogen) atoms. The molecule has 0 aliphatic rings. The van der Waals surface area contributed by atoms with Crippen molar-refractivity contribution < 1.29 is 28.7 Å². The Balaban J connectivity index is 2.92. The Morgan fingerprint density at radius 2 is 1.41 bits per heavy atom. The quantitative estimate of drug-likeness (QED) is 0.434. The summed E-state index contributed by atoms with van der Waals surface area (Å²) in [5.41, 5.74) is 0.248. The molecule has 0 saturated heterocycles. The van der Waals surface area contributed by atoms with Crippen LogP contribution in [0, 0.1) is 0 Å². The molecule has 1 rings (SSSR count). The van der Waals surface area contributed by atoms with Crippen LogP contribution in [0.5, 0.6) is 0 Å². The van der Waals surface area contributed by atoms with Gasteiger partial charge in [0, 0.05) is 0 Å². The van der Waals surface area contributed by atoms with Crippen LogP contribution < -0.4 is 0 Å². The summed E-state index contributed by atoms with van der Waals surface area (Å²) >= 11 is 5.98. The maximum atomic E-state index is 11.6. The maximum absolute atomic E-state index is 11.6. The van der Waals surface area contributed by atoms with E-state index in [2.05, 4.69) is 0 Å². The van der Waals surface area contributed by atoms with Gasteiger partial charge in [0.1, 0.15) is 24.4 Å². The van der Waals surface area contributed by atoms with Crippen LogP contribution in [0.15, 0.2) is 24.3 Å². The van der Waals surface area contributed by atoms with E-state index in [1.165, 1.54) is 26.0 Å². The van der Waals surface area contributed by atoms with Gasteiger partial charge in [-0.1, -0.05) is 29.8 Å². The largest absolute Gasteiger partial charge is 0.420 e. The molecule has 118 valence electrons. The van der Waals surface area contributed by atoms with E-state index in [4.69, 9.17) is 21.1 Å². The third-order valence-corrected chi connectivity index (χ3v) is 2.77. The molecule has 0 atom stereocenters. The Kier molecular flexibility index (Phi) is 6.72. The third-order valence-electron chi connectivity index (χ3n) is 2.42. The minimum atomic E-state index is -1.41. The van der Waals surface area contributed by atoms with Gasteiger partial charge in [-0.2, -0.15) is 0 Å². The normalized spacial score (nSPS) is 10.2. The molecule has 0 bridgehead atoms. The van der Waals surface area contributed by atoms with Crippen LogP contribution in [0.25, 0.3) is 0 Å². The van der Waals surface area contributed by atoms with Crippen LogP contribution in [0.2, 0.25) is 5.02 Å². The van der Waals surface area contributed by atoms with E-state index in [1.807, 2.05) is 0 Å². The van der Waals surface area contributed by atoms with Crippen molar-refractivity contribution in [3.05, 3.63) is 34.9 Å². The molecule has 0 unspecified atom stereocenters. The highest BCUT2D eigenvalue weighted by Gasteiger charge is 2.24. The highest BCUT2D eigenvalue weighted by molar-refractivity contribution is 6.31. The molecule has 0 aromatic heterocycles. The van der Waals surface area contributed by atoms with Gasteiger partial charge in [-0.25, -0.2) is 0 Å². The fourth-order valence-electron chi connectivity index (χ4n) is 1.55. The summed E-state index contributed by atoms with van der Waals surface area (Å²) in [4.78, 5) is 45.1. The maximum Gasteiger partial charge on any atom is 0.316 e. The van der Waals surface area contributed by atoms with Gasteiger partial charge < -0.3 is 9.47 Å². The van der Waals surface area contributed by atoms with Gasteiger partial charge in [-0.15, -0.1) is 0 Å². The van der Waals surface area contributed by atoms with E-state index in [0.717, 1.165) is 0 Å². The first-order valence-corrected chi connectivity index (χ1v) is 6.79. The number of esters is 2. The van der Waals surface area contributed by atoms with Gasteiger partial charge in [0.25, 0.3) is 6.29 Å². The monoisotopic (exact) mass is 326 g/mol. The highest BCUT2D eigenvalue weighted by Crippen LogP contribution is 2.27. The summed E-state index contributed by atoms with van der Waals surface area (Å²) < 4.78 is 9.96. The summed E-state index contributed by atoms with van der Waals surface area (Å²) in [6, 6.07) is 6.31. The summed E-state index contributed by atoms with van der Waals surface area (Å²) in [5, 5.41) is 0.221. The van der Waals surface area contributed by atoms with Crippen LogP contribution in [-0.2, 0) is 28.7 Å². The molecule has 0 saturated carbocycles. The average Bonchev–Trinajstić information content (AvgIpc) is 2.36. The van der Waals surface area contributed by atoms with Crippen molar-refractivity contribution >= 4 is 35.1 Å². The number of ether oxygens (including phenoxy) is 2. The Hall–Kier alpha value is -2.21. The topological polar surface area (TPSA) is 86.7 Å². The Morgan fingerprint density at radius 1 is 0.955 bits per heavy atom. The third kappa shape index (κ3) is 6.05. The van der Waals surface area contributed by atoms with E-state index in [0.29, 0.717) is 0 Å². The molecule has 0 radical (unpaired) electrons. The number of benzene rings is 1. The van der Waals surface area contributed by atoms with E-state index in [1.54, 1.807) is 12.1 Å². The van der Waals surface area contributed by atoms with Gasteiger partial charge >= 0.3 is 11.9 Å². The van der Waals surface area contributed by atoms with Crippen molar-refractivity contribution in [2.24, 2.45) is 0 Å². The lowest BCUT2D eigenvalue weighted by molar-refractivity contribution is -0.189. The molecule has 0 aliphatic heterocycles. The van der Waals surface area contributed by atoms with Crippen molar-refractivity contribution in [1.29, 1.82) is 0 Å². The number of hydrogen-bond acceptors (Lipinski definition) is 6. The van der Waals surface area contributed by atoms with Crippen molar-refractivity contribution in [1.82, 2.24) is 0 Å². The zero-order valence-electron chi connectivity index (χ0n) is 12.1. The van der Waals surface area contributed by atoms with E-state index in [9.17, 15) is 19.2 Å². The van der Waals surface area contributed by atoms with Gasteiger partial charge in [0.15, 0.2) is 0 Å². The minimum absolute atomic E-state index is 0.221. The molecule has 0 fully saturated rings. The highest BCUT2D eigenvalue weighted by atomic mass is 35.5. The predicted octanol–water partition coefficient (Wildman–Crippen LogP) is 2.38. The smallest absolute Gasteiger partial charge is 0.316 e. The number of halogens is 1. The molecule has 7 heteroatoms. The molecular formula is C15H15ClO6. The first-order valence-electron chi connectivity index (χ1n) is 6.42. The van der Waals surface area contributed by atoms with Crippen LogP contribution in [0.3, 0.4) is 0 Å². The summed E-state index contributed by atoms with van der Waals surface area (Å²) in [6.07, 6.45) is -2.32. The average molecular weight is 327 g/mol. The molecule has 0 N–H and O–H groups in total. The first-order chi connectivity index (χ1) is 10.3. The molecule has 6 nitrogen and oxygen atoms in total. The van der Waals surface area contributed by atoms with Crippen molar-refractivity contribution in [3.63, 3.8) is 0 Å². The number of hydrogen-bond donors (Lipinski definition) is 0. The first kappa shape index (κ1) is 17.8. The predicted molar refractivity (Wildman–Crippen MR) is 77.0 cm³/mol. The fraction of sp³-hybridized carbons (Fsp3) is 0.333. The lowest BCUT2D eigenvalue weighted by Gasteiger charge is -2.19. The molecular weight excluding hydrogens is 312 g/mol. The summed E-state index contributed by atoms with van der Waals surface area (Å²) in [7, 11) is 0. The second kappa shape index (κ2) is 8.29. The molecule has 0 heterocycles. The zero-order valence-corrected chi connectivity index (χ0v) is 12.9. The Bertz CT molecular complexity index is 565. The number of rotatable bonds is 7. The number of ketones is 2. The van der Waals surface area contributed by atoms with Crippen molar-refractivity contribution in [2.45, 2.75) is 33.0 Å². The molecule has 0 spiro atoms. The number of carbonyl (C=O) groups excluding carboxylic acids is 4. The second-order valence-corrected chi connectivity index (χ2v) is 5.00. The lowest BCUT2D eigenvalue weighted by Crippen LogP contribution is -2.20. The van der Waals surface area contributed by atoms with E-state index in [-0.39, 0.29) is 10.6 Å². The van der Waals surface area contributed by atoms with Crippen molar-refractivity contribution in [2.75, 3.05) is 0 Å². The summed E-state index contributed by atoms with van der Waals surface area (Å²) in [6.45, 7) is 2.46. The Labute approximate surface area is 132 Å². The SMILES string of the molecule is CC(=O)CC(=O)OC(OC(=O)CC(C)=O)c1ccccc1Cl. The summed E-state index contributed by atoms with van der Waals surface area (Å²) in [5.74, 6) is -2.49. The molecule has 1 aromatic rings.